The Hall–Kier alpha value is -3.15. The number of carbonyl (C=O) groups excluding carboxylic acids is 1. The molecule has 0 spiro atoms. The summed E-state index contributed by atoms with van der Waals surface area (Å²) in [6.07, 6.45) is 3.49. The Bertz CT molecular complexity index is 1140. The first kappa shape index (κ1) is 16.3. The van der Waals surface area contributed by atoms with Crippen LogP contribution in [0.2, 0.25) is 0 Å². The first-order valence-electron chi connectivity index (χ1n) is 8.71. The van der Waals surface area contributed by atoms with Gasteiger partial charge in [-0.25, -0.2) is 4.79 Å². The first-order chi connectivity index (χ1) is 12.7. The lowest BCUT2D eigenvalue weighted by Crippen LogP contribution is -2.25. The van der Waals surface area contributed by atoms with Gasteiger partial charge in [0.25, 0.3) is 0 Å². The van der Waals surface area contributed by atoms with Crippen LogP contribution in [0, 0.1) is 0 Å². The lowest BCUT2D eigenvalue weighted by Gasteiger charge is -2.12. The summed E-state index contributed by atoms with van der Waals surface area (Å²) in [5.74, 6) is -0.405. The van der Waals surface area contributed by atoms with Crippen LogP contribution < -0.4 is 5.36 Å². The van der Waals surface area contributed by atoms with Gasteiger partial charge in [0.2, 0.25) is 6.10 Å². The van der Waals surface area contributed by atoms with Gasteiger partial charge in [0.1, 0.15) is 5.52 Å². The monoisotopic (exact) mass is 349 g/mol. The van der Waals surface area contributed by atoms with Crippen LogP contribution in [0.15, 0.2) is 53.9 Å². The van der Waals surface area contributed by atoms with E-state index in [1.54, 1.807) is 13.1 Å². The average Bonchev–Trinajstić information content (AvgIpc) is 3.14. The summed E-state index contributed by atoms with van der Waals surface area (Å²) in [5.41, 5.74) is 2.69. The van der Waals surface area contributed by atoms with Crippen LogP contribution in [-0.4, -0.2) is 28.1 Å². The lowest BCUT2D eigenvalue weighted by molar-refractivity contribution is -0.157. The third kappa shape index (κ3) is 2.54. The van der Waals surface area contributed by atoms with E-state index in [1.807, 2.05) is 43.5 Å². The van der Waals surface area contributed by atoms with Crippen molar-refractivity contribution in [3.63, 3.8) is 0 Å². The minimum absolute atomic E-state index is 0.312. The van der Waals surface area contributed by atoms with E-state index in [0.717, 1.165) is 27.3 Å². The number of hydrogen-bond acceptors (Lipinski definition) is 5. The van der Waals surface area contributed by atoms with E-state index in [2.05, 4.69) is 20.6 Å². The maximum atomic E-state index is 12.0. The van der Waals surface area contributed by atoms with E-state index in [9.17, 15) is 4.79 Å². The van der Waals surface area contributed by atoms with Gasteiger partial charge in [-0.3, -0.25) is 4.98 Å². The van der Waals surface area contributed by atoms with E-state index < -0.39 is 12.1 Å². The molecule has 6 nitrogen and oxygen atoms in total. The van der Waals surface area contributed by atoms with Crippen LogP contribution >= 0.6 is 0 Å². The summed E-state index contributed by atoms with van der Waals surface area (Å²) in [6, 6.07) is 12.0. The summed E-state index contributed by atoms with van der Waals surface area (Å²) >= 11 is 0. The molecule has 0 saturated heterocycles. The van der Waals surface area contributed by atoms with Crippen molar-refractivity contribution in [2.75, 3.05) is 6.61 Å². The normalized spacial score (nSPS) is 13.5. The Labute approximate surface area is 150 Å². The number of benzene rings is 1. The van der Waals surface area contributed by atoms with E-state index in [1.165, 1.54) is 0 Å². The van der Waals surface area contributed by atoms with Crippen molar-refractivity contribution in [3.8, 4) is 0 Å². The van der Waals surface area contributed by atoms with Gasteiger partial charge in [-0.05, 0) is 43.0 Å². The molecule has 0 amide bonds. The largest absolute Gasteiger partial charge is 0.463 e. The molecule has 132 valence electrons. The average molecular weight is 349 g/mol. The number of rotatable bonds is 5. The number of esters is 1. The van der Waals surface area contributed by atoms with Crippen molar-refractivity contribution in [1.82, 2.24) is 9.38 Å². The molecule has 4 rings (SSSR count). The Kier molecular flexibility index (Phi) is 4.16. The molecule has 1 unspecified atom stereocenters. The molecule has 4 aromatic rings. The zero-order chi connectivity index (χ0) is 18.1. The molecule has 0 aliphatic rings. The number of fused-ring (bicyclic) bond motifs is 2. The van der Waals surface area contributed by atoms with Gasteiger partial charge in [0.05, 0.1) is 17.6 Å². The van der Waals surface area contributed by atoms with Gasteiger partial charge in [0, 0.05) is 17.8 Å². The summed E-state index contributed by atoms with van der Waals surface area (Å²) < 4.78 is 7.11. The van der Waals surface area contributed by atoms with Gasteiger partial charge in [-0.15, -0.1) is 0 Å². The van der Waals surface area contributed by atoms with Gasteiger partial charge in [0.15, 0.2) is 5.36 Å². The molecule has 6 heteroatoms. The Balaban J connectivity index is 1.95. The first-order valence-corrected chi connectivity index (χ1v) is 8.71. The van der Waals surface area contributed by atoms with Crippen molar-refractivity contribution in [1.29, 1.82) is 0 Å². The maximum absolute atomic E-state index is 12.0. The second-order valence-corrected chi connectivity index (χ2v) is 5.99. The molecule has 0 fully saturated rings. The molecule has 0 saturated carbocycles. The molecule has 3 heterocycles. The Morgan fingerprint density at radius 3 is 2.85 bits per heavy atom. The molecule has 1 aromatic carbocycles. The number of pyridine rings is 2. The highest BCUT2D eigenvalue weighted by atomic mass is 16.7. The third-order valence-corrected chi connectivity index (χ3v) is 4.44. The molecule has 0 aliphatic carbocycles. The third-order valence-electron chi connectivity index (χ3n) is 4.44. The smallest absolute Gasteiger partial charge is 0.350 e. The van der Waals surface area contributed by atoms with Crippen LogP contribution in [0.3, 0.4) is 0 Å². The molecule has 0 radical (unpaired) electrons. The fourth-order valence-electron chi connectivity index (χ4n) is 3.22. The standard InChI is InChI=1S/C20H19N3O3/c1-3-16(20(24)25-4-2)26-22-18-15-9-6-12-23(15)14-8-5-7-13-10-11-21-19(18)17(13)14/h5-12,16H,3-4H2,1-2H3/b22-18+. The lowest BCUT2D eigenvalue weighted by atomic mass is 10.1. The number of aromatic nitrogens is 2. The van der Waals surface area contributed by atoms with Gasteiger partial charge in [-0.2, -0.15) is 0 Å². The van der Waals surface area contributed by atoms with Crippen LogP contribution in [0.25, 0.3) is 27.3 Å². The topological polar surface area (TPSA) is 65.2 Å². The second kappa shape index (κ2) is 6.63. The quantitative estimate of drug-likeness (QED) is 0.410. The van der Waals surface area contributed by atoms with E-state index in [-0.39, 0.29) is 0 Å². The van der Waals surface area contributed by atoms with E-state index in [0.29, 0.717) is 18.4 Å². The number of hydrogen-bond donors (Lipinski definition) is 0. The highest BCUT2D eigenvalue weighted by Crippen LogP contribution is 2.24. The van der Waals surface area contributed by atoms with E-state index in [4.69, 9.17) is 9.57 Å². The summed E-state index contributed by atoms with van der Waals surface area (Å²) in [7, 11) is 0. The minimum Gasteiger partial charge on any atom is -0.463 e. The fourth-order valence-corrected chi connectivity index (χ4v) is 3.22. The number of carbonyl (C=O) groups is 1. The number of ether oxygens (including phenoxy) is 1. The zero-order valence-corrected chi connectivity index (χ0v) is 14.7. The van der Waals surface area contributed by atoms with Gasteiger partial charge >= 0.3 is 5.97 Å². The molecule has 26 heavy (non-hydrogen) atoms. The summed E-state index contributed by atoms with van der Waals surface area (Å²) in [5, 5.41) is 7.04. The second-order valence-electron chi connectivity index (χ2n) is 5.99. The van der Waals surface area contributed by atoms with Crippen LogP contribution in [0.1, 0.15) is 20.3 Å². The minimum atomic E-state index is -0.734. The number of nitrogens with zero attached hydrogens (tertiary/aromatic N) is 3. The van der Waals surface area contributed by atoms with Crippen molar-refractivity contribution in [3.05, 3.63) is 54.1 Å². The van der Waals surface area contributed by atoms with E-state index >= 15 is 0 Å². The van der Waals surface area contributed by atoms with Crippen LogP contribution in [0.5, 0.6) is 0 Å². The van der Waals surface area contributed by atoms with Crippen LogP contribution in [-0.2, 0) is 14.4 Å². The highest BCUT2D eigenvalue weighted by molar-refractivity contribution is 6.08. The van der Waals surface area contributed by atoms with Gasteiger partial charge < -0.3 is 14.0 Å². The van der Waals surface area contributed by atoms with Crippen molar-refractivity contribution >= 4 is 33.3 Å². The predicted molar refractivity (Wildman–Crippen MR) is 98.8 cm³/mol. The molecular formula is C20H19N3O3. The molecule has 0 aliphatic heterocycles. The molecule has 0 N–H and O–H groups in total. The maximum Gasteiger partial charge on any atom is 0.350 e. The van der Waals surface area contributed by atoms with Crippen molar-refractivity contribution in [2.45, 2.75) is 26.4 Å². The predicted octanol–water partition coefficient (Wildman–Crippen LogP) is 3.25. The van der Waals surface area contributed by atoms with Crippen molar-refractivity contribution in [2.24, 2.45) is 5.16 Å². The zero-order valence-electron chi connectivity index (χ0n) is 14.7. The van der Waals surface area contributed by atoms with Gasteiger partial charge in [-0.1, -0.05) is 24.2 Å². The van der Waals surface area contributed by atoms with Crippen molar-refractivity contribution < 1.29 is 14.4 Å². The molecule has 3 aromatic heterocycles. The Morgan fingerprint density at radius 2 is 2.04 bits per heavy atom. The van der Waals surface area contributed by atoms with Crippen LogP contribution in [0.4, 0.5) is 0 Å². The summed E-state index contributed by atoms with van der Waals surface area (Å²) in [4.78, 5) is 22.1. The molecular weight excluding hydrogens is 330 g/mol. The Morgan fingerprint density at radius 1 is 1.19 bits per heavy atom. The molecule has 0 bridgehead atoms. The highest BCUT2D eigenvalue weighted by Gasteiger charge is 2.20. The summed E-state index contributed by atoms with van der Waals surface area (Å²) in [6.45, 7) is 3.94. The SMILES string of the molecule is CCOC(=O)C(CC)O/N=c1/c2nccc3cccc(c32)n2cccc12. The molecule has 1 atom stereocenters. The fraction of sp³-hybridized carbons (Fsp3) is 0.250.